The van der Waals surface area contributed by atoms with E-state index in [0.717, 1.165) is 22.3 Å². The summed E-state index contributed by atoms with van der Waals surface area (Å²) in [6, 6.07) is 26.5. The van der Waals surface area contributed by atoms with Crippen LogP contribution in [0.4, 0.5) is 5.69 Å². The van der Waals surface area contributed by atoms with Gasteiger partial charge in [0.1, 0.15) is 17.0 Å². The SMILES string of the molecule is Cc1ccc(NC(=O)c2c(-c3ccc(C)cc3)cc(-c3nc(-c4ccccc4)oc3C)[nH]c2=O)cc1. The Hall–Kier alpha value is -4.71. The van der Waals surface area contributed by atoms with Gasteiger partial charge in [0.2, 0.25) is 5.89 Å². The van der Waals surface area contributed by atoms with Gasteiger partial charge in [0, 0.05) is 16.8 Å². The van der Waals surface area contributed by atoms with Gasteiger partial charge in [0.05, 0.1) is 5.69 Å². The van der Waals surface area contributed by atoms with Gasteiger partial charge in [-0.2, -0.15) is 0 Å². The van der Waals surface area contributed by atoms with Crippen molar-refractivity contribution in [3.8, 4) is 34.0 Å². The lowest BCUT2D eigenvalue weighted by atomic mass is 9.98. The van der Waals surface area contributed by atoms with Gasteiger partial charge in [-0.3, -0.25) is 9.59 Å². The summed E-state index contributed by atoms with van der Waals surface area (Å²) in [6.07, 6.45) is 0. The van der Waals surface area contributed by atoms with Crippen LogP contribution in [-0.2, 0) is 0 Å². The number of benzene rings is 3. The molecule has 0 atom stereocenters. The van der Waals surface area contributed by atoms with Crippen molar-refractivity contribution in [2.75, 3.05) is 5.32 Å². The molecule has 0 saturated carbocycles. The van der Waals surface area contributed by atoms with Crippen molar-refractivity contribution in [1.29, 1.82) is 0 Å². The number of oxazole rings is 1. The minimum Gasteiger partial charge on any atom is -0.441 e. The highest BCUT2D eigenvalue weighted by Crippen LogP contribution is 2.31. The maximum Gasteiger partial charge on any atom is 0.261 e. The van der Waals surface area contributed by atoms with Crippen molar-refractivity contribution in [2.45, 2.75) is 20.8 Å². The summed E-state index contributed by atoms with van der Waals surface area (Å²) in [5.41, 5.74) is 5.40. The molecule has 0 bridgehead atoms. The highest BCUT2D eigenvalue weighted by atomic mass is 16.4. The second-order valence-corrected chi connectivity index (χ2v) is 8.78. The summed E-state index contributed by atoms with van der Waals surface area (Å²) in [4.78, 5) is 34.2. The largest absolute Gasteiger partial charge is 0.441 e. The lowest BCUT2D eigenvalue weighted by Crippen LogP contribution is -2.25. The average Bonchev–Trinajstić information content (AvgIpc) is 3.27. The second-order valence-electron chi connectivity index (χ2n) is 8.78. The zero-order valence-corrected chi connectivity index (χ0v) is 20.3. The number of nitrogens with one attached hydrogen (secondary N) is 2. The maximum absolute atomic E-state index is 13.4. The highest BCUT2D eigenvalue weighted by molar-refractivity contribution is 6.08. The summed E-state index contributed by atoms with van der Waals surface area (Å²) < 4.78 is 5.91. The molecule has 2 heterocycles. The third-order valence-corrected chi connectivity index (χ3v) is 6.00. The number of hydrogen-bond acceptors (Lipinski definition) is 4. The van der Waals surface area contributed by atoms with Crippen molar-refractivity contribution in [3.63, 3.8) is 0 Å². The first-order chi connectivity index (χ1) is 17.4. The zero-order chi connectivity index (χ0) is 25.2. The van der Waals surface area contributed by atoms with Gasteiger partial charge in [-0.15, -0.1) is 0 Å². The van der Waals surface area contributed by atoms with Crippen LogP contribution in [0.25, 0.3) is 34.0 Å². The van der Waals surface area contributed by atoms with E-state index in [9.17, 15) is 9.59 Å². The number of carbonyl (C=O) groups excluding carboxylic acids is 1. The van der Waals surface area contributed by atoms with Crippen molar-refractivity contribution in [2.24, 2.45) is 0 Å². The topological polar surface area (TPSA) is 88.0 Å². The standard InChI is InChI=1S/C30H25N3O3/c1-18-9-13-21(14-10-18)24-17-25(27-20(3)36-30(33-27)22-7-5-4-6-8-22)32-29(35)26(24)28(34)31-23-15-11-19(2)12-16-23/h4-17H,1-3H3,(H,31,34)(H,32,35). The molecule has 0 fully saturated rings. The number of nitrogens with zero attached hydrogens (tertiary/aromatic N) is 1. The molecule has 36 heavy (non-hydrogen) atoms. The second kappa shape index (κ2) is 9.50. The molecule has 1 amide bonds. The van der Waals surface area contributed by atoms with Gasteiger partial charge in [-0.25, -0.2) is 4.98 Å². The molecule has 0 aliphatic carbocycles. The van der Waals surface area contributed by atoms with E-state index in [1.165, 1.54) is 0 Å². The van der Waals surface area contributed by atoms with Gasteiger partial charge in [-0.05, 0) is 56.7 Å². The number of anilines is 1. The summed E-state index contributed by atoms with van der Waals surface area (Å²) >= 11 is 0. The molecule has 2 N–H and O–H groups in total. The molecule has 0 spiro atoms. The van der Waals surface area contributed by atoms with Crippen molar-refractivity contribution < 1.29 is 9.21 Å². The van der Waals surface area contributed by atoms with E-state index in [2.05, 4.69) is 15.3 Å². The highest BCUT2D eigenvalue weighted by Gasteiger charge is 2.22. The van der Waals surface area contributed by atoms with E-state index < -0.39 is 11.5 Å². The molecule has 0 aliphatic rings. The van der Waals surface area contributed by atoms with E-state index in [1.54, 1.807) is 13.0 Å². The predicted octanol–water partition coefficient (Wildman–Crippen LogP) is 6.54. The minimum atomic E-state index is -0.503. The normalized spacial score (nSPS) is 10.9. The van der Waals surface area contributed by atoms with Gasteiger partial charge in [0.25, 0.3) is 11.5 Å². The van der Waals surface area contributed by atoms with Crippen LogP contribution < -0.4 is 10.9 Å². The molecule has 0 unspecified atom stereocenters. The van der Waals surface area contributed by atoms with Crippen LogP contribution in [0.2, 0.25) is 0 Å². The number of aromatic amines is 1. The molecule has 6 nitrogen and oxygen atoms in total. The molecular formula is C30H25N3O3. The minimum absolute atomic E-state index is 0.0348. The summed E-state index contributed by atoms with van der Waals surface area (Å²) in [5, 5.41) is 2.85. The van der Waals surface area contributed by atoms with Crippen LogP contribution in [0.15, 0.2) is 94.1 Å². The van der Waals surface area contributed by atoms with Crippen molar-refractivity contribution in [1.82, 2.24) is 9.97 Å². The molecule has 3 aromatic carbocycles. The van der Waals surface area contributed by atoms with Crippen molar-refractivity contribution >= 4 is 11.6 Å². The Balaban J connectivity index is 1.62. The fraction of sp³-hybridized carbons (Fsp3) is 0.100. The van der Waals surface area contributed by atoms with Crippen LogP contribution in [0, 0.1) is 20.8 Å². The molecule has 0 saturated heterocycles. The van der Waals surface area contributed by atoms with Gasteiger partial charge >= 0.3 is 0 Å². The van der Waals surface area contributed by atoms with Gasteiger partial charge < -0.3 is 14.7 Å². The first kappa shape index (κ1) is 23.1. The Labute approximate surface area is 208 Å². The van der Waals surface area contributed by atoms with E-state index in [1.807, 2.05) is 92.7 Å². The number of rotatable bonds is 5. The Bertz CT molecular complexity index is 1600. The molecule has 0 radical (unpaired) electrons. The summed E-state index contributed by atoms with van der Waals surface area (Å²) in [6.45, 7) is 5.76. The Morgan fingerprint density at radius 2 is 1.47 bits per heavy atom. The van der Waals surface area contributed by atoms with Crippen LogP contribution in [0.3, 0.4) is 0 Å². The number of aryl methyl sites for hydroxylation is 3. The number of aromatic nitrogens is 2. The number of pyridine rings is 1. The average molecular weight is 476 g/mol. The number of hydrogen-bond donors (Lipinski definition) is 2. The fourth-order valence-electron chi connectivity index (χ4n) is 4.05. The van der Waals surface area contributed by atoms with E-state index in [4.69, 9.17) is 4.42 Å². The third-order valence-electron chi connectivity index (χ3n) is 6.00. The first-order valence-corrected chi connectivity index (χ1v) is 11.6. The predicted molar refractivity (Wildman–Crippen MR) is 142 cm³/mol. The Kier molecular flexibility index (Phi) is 6.09. The molecule has 6 heteroatoms. The molecule has 5 rings (SSSR count). The van der Waals surface area contributed by atoms with Gasteiger partial charge in [0.15, 0.2) is 0 Å². The summed E-state index contributed by atoms with van der Waals surface area (Å²) in [7, 11) is 0. The third kappa shape index (κ3) is 4.61. The smallest absolute Gasteiger partial charge is 0.261 e. The van der Waals surface area contributed by atoms with E-state index in [-0.39, 0.29) is 5.56 Å². The molecule has 178 valence electrons. The lowest BCUT2D eigenvalue weighted by molar-refractivity contribution is 0.102. The van der Waals surface area contributed by atoms with E-state index in [0.29, 0.717) is 34.3 Å². The number of amides is 1. The maximum atomic E-state index is 13.4. The summed E-state index contributed by atoms with van der Waals surface area (Å²) in [5.74, 6) is 0.544. The lowest BCUT2D eigenvalue weighted by Gasteiger charge is -2.12. The van der Waals surface area contributed by atoms with Crippen molar-refractivity contribution in [3.05, 3.63) is 118 Å². The van der Waals surface area contributed by atoms with Crippen LogP contribution in [0.5, 0.6) is 0 Å². The Morgan fingerprint density at radius 1 is 0.833 bits per heavy atom. The number of H-pyrrole nitrogens is 1. The quantitative estimate of drug-likeness (QED) is 0.302. The molecule has 5 aromatic rings. The van der Waals surface area contributed by atoms with Crippen LogP contribution in [-0.4, -0.2) is 15.9 Å². The first-order valence-electron chi connectivity index (χ1n) is 11.6. The van der Waals surface area contributed by atoms with E-state index >= 15 is 0 Å². The monoisotopic (exact) mass is 475 g/mol. The zero-order valence-electron chi connectivity index (χ0n) is 20.3. The Morgan fingerprint density at radius 3 is 2.14 bits per heavy atom. The molecule has 0 aliphatic heterocycles. The van der Waals surface area contributed by atoms with Crippen LogP contribution in [0.1, 0.15) is 27.2 Å². The molecular weight excluding hydrogens is 450 g/mol. The van der Waals surface area contributed by atoms with Gasteiger partial charge in [-0.1, -0.05) is 65.7 Å². The van der Waals surface area contributed by atoms with Crippen LogP contribution >= 0.6 is 0 Å². The number of carbonyl (C=O) groups is 1. The molecule has 2 aromatic heterocycles. The fourth-order valence-corrected chi connectivity index (χ4v) is 4.05.